The van der Waals surface area contributed by atoms with Crippen molar-refractivity contribution in [2.75, 3.05) is 5.43 Å². The van der Waals surface area contributed by atoms with Crippen LogP contribution in [0.4, 0.5) is 11.4 Å². The van der Waals surface area contributed by atoms with Crippen molar-refractivity contribution in [1.82, 2.24) is 0 Å². The standard InChI is InChI=1S/C15H15N3O2/c1-11-7-8-12(2)13(9-11)10-16-17-14-5-3-4-6-15(14)18(19)20/h3-10,17H,1-2H3/b16-10-. The van der Waals surface area contributed by atoms with Crippen molar-refractivity contribution in [3.63, 3.8) is 0 Å². The highest BCUT2D eigenvalue weighted by Gasteiger charge is 2.10. The molecule has 0 atom stereocenters. The largest absolute Gasteiger partial charge is 0.294 e. The monoisotopic (exact) mass is 269 g/mol. The molecule has 0 heterocycles. The van der Waals surface area contributed by atoms with E-state index in [9.17, 15) is 10.1 Å². The number of rotatable bonds is 4. The predicted molar refractivity (Wildman–Crippen MR) is 80.2 cm³/mol. The van der Waals surface area contributed by atoms with E-state index < -0.39 is 4.92 Å². The molecule has 0 radical (unpaired) electrons. The zero-order valence-electron chi connectivity index (χ0n) is 11.3. The topological polar surface area (TPSA) is 67.5 Å². The molecule has 0 aromatic heterocycles. The van der Waals surface area contributed by atoms with Crippen LogP contribution in [-0.2, 0) is 0 Å². The van der Waals surface area contributed by atoms with Gasteiger partial charge in [-0.2, -0.15) is 5.10 Å². The number of nitro benzene ring substituents is 1. The van der Waals surface area contributed by atoms with Crippen LogP contribution in [0.2, 0.25) is 0 Å². The van der Waals surface area contributed by atoms with E-state index in [-0.39, 0.29) is 5.69 Å². The first-order valence-electron chi connectivity index (χ1n) is 6.17. The molecule has 1 N–H and O–H groups in total. The van der Waals surface area contributed by atoms with E-state index >= 15 is 0 Å². The lowest BCUT2D eigenvalue weighted by Gasteiger charge is -2.03. The van der Waals surface area contributed by atoms with Gasteiger partial charge in [-0.25, -0.2) is 0 Å². The number of hydrogen-bond acceptors (Lipinski definition) is 4. The third-order valence-corrected chi connectivity index (χ3v) is 2.92. The van der Waals surface area contributed by atoms with E-state index in [1.165, 1.54) is 6.07 Å². The molecule has 5 nitrogen and oxygen atoms in total. The van der Waals surface area contributed by atoms with Gasteiger partial charge < -0.3 is 0 Å². The lowest BCUT2D eigenvalue weighted by atomic mass is 10.1. The van der Waals surface area contributed by atoms with Gasteiger partial charge in [-0.05, 0) is 31.0 Å². The van der Waals surface area contributed by atoms with Crippen LogP contribution < -0.4 is 5.43 Å². The zero-order chi connectivity index (χ0) is 14.5. The Bertz CT molecular complexity index is 666. The molecule has 0 spiro atoms. The Kier molecular flexibility index (Phi) is 4.10. The summed E-state index contributed by atoms with van der Waals surface area (Å²) in [5.74, 6) is 0. The molecule has 0 aliphatic heterocycles. The van der Waals surface area contributed by atoms with Crippen LogP contribution in [0.5, 0.6) is 0 Å². The maximum absolute atomic E-state index is 10.9. The first-order valence-corrected chi connectivity index (χ1v) is 6.17. The molecule has 2 aromatic rings. The summed E-state index contributed by atoms with van der Waals surface area (Å²) < 4.78 is 0. The number of nitrogens with zero attached hydrogens (tertiary/aromatic N) is 2. The Morgan fingerprint density at radius 2 is 1.95 bits per heavy atom. The average Bonchev–Trinajstić information content (AvgIpc) is 2.43. The molecule has 0 saturated carbocycles. The number of benzene rings is 2. The van der Waals surface area contributed by atoms with Crippen molar-refractivity contribution in [3.05, 3.63) is 69.3 Å². The summed E-state index contributed by atoms with van der Waals surface area (Å²) >= 11 is 0. The maximum Gasteiger partial charge on any atom is 0.294 e. The molecular formula is C15H15N3O2. The first-order chi connectivity index (χ1) is 9.58. The van der Waals surface area contributed by atoms with E-state index in [2.05, 4.69) is 10.5 Å². The van der Waals surface area contributed by atoms with E-state index in [1.54, 1.807) is 24.4 Å². The number of anilines is 1. The third kappa shape index (κ3) is 3.20. The predicted octanol–water partition coefficient (Wildman–Crippen LogP) is 3.66. The zero-order valence-corrected chi connectivity index (χ0v) is 11.3. The Morgan fingerprint density at radius 3 is 2.70 bits per heavy atom. The number of nitrogens with one attached hydrogen (secondary N) is 1. The van der Waals surface area contributed by atoms with Crippen molar-refractivity contribution >= 4 is 17.6 Å². The highest BCUT2D eigenvalue weighted by atomic mass is 16.6. The van der Waals surface area contributed by atoms with Crippen LogP contribution in [0, 0.1) is 24.0 Å². The van der Waals surface area contributed by atoms with Crippen LogP contribution in [-0.4, -0.2) is 11.1 Å². The van der Waals surface area contributed by atoms with Gasteiger partial charge in [-0.1, -0.05) is 35.9 Å². The van der Waals surface area contributed by atoms with Crippen LogP contribution in [0.15, 0.2) is 47.6 Å². The van der Waals surface area contributed by atoms with Gasteiger partial charge in [0.25, 0.3) is 5.69 Å². The lowest BCUT2D eigenvalue weighted by molar-refractivity contribution is -0.384. The number of nitro groups is 1. The van der Waals surface area contributed by atoms with Gasteiger partial charge in [0.2, 0.25) is 0 Å². The molecule has 5 heteroatoms. The molecule has 0 saturated heterocycles. The van der Waals surface area contributed by atoms with Crippen molar-refractivity contribution in [2.24, 2.45) is 5.10 Å². The number of aryl methyl sites for hydroxylation is 2. The summed E-state index contributed by atoms with van der Waals surface area (Å²) in [7, 11) is 0. The van der Waals surface area contributed by atoms with E-state index in [0.29, 0.717) is 5.69 Å². The van der Waals surface area contributed by atoms with E-state index in [0.717, 1.165) is 16.7 Å². The highest BCUT2D eigenvalue weighted by Crippen LogP contribution is 2.22. The minimum atomic E-state index is -0.435. The Morgan fingerprint density at radius 1 is 1.20 bits per heavy atom. The van der Waals surface area contributed by atoms with Crippen LogP contribution in [0.1, 0.15) is 16.7 Å². The van der Waals surface area contributed by atoms with Gasteiger partial charge in [0.05, 0.1) is 11.1 Å². The van der Waals surface area contributed by atoms with Gasteiger partial charge in [0.15, 0.2) is 0 Å². The van der Waals surface area contributed by atoms with Crippen molar-refractivity contribution < 1.29 is 4.92 Å². The molecule has 0 fully saturated rings. The molecular weight excluding hydrogens is 254 g/mol. The summed E-state index contributed by atoms with van der Waals surface area (Å²) in [4.78, 5) is 10.4. The second kappa shape index (κ2) is 5.97. The SMILES string of the molecule is Cc1ccc(C)c(/C=N\Nc2ccccc2[N+](=O)[O-])c1. The fourth-order valence-electron chi connectivity index (χ4n) is 1.80. The van der Waals surface area contributed by atoms with Gasteiger partial charge in [-0.3, -0.25) is 15.5 Å². The van der Waals surface area contributed by atoms with E-state index in [4.69, 9.17) is 0 Å². The van der Waals surface area contributed by atoms with Gasteiger partial charge in [0, 0.05) is 6.07 Å². The van der Waals surface area contributed by atoms with Crippen LogP contribution in [0.3, 0.4) is 0 Å². The minimum absolute atomic E-state index is 0.00520. The van der Waals surface area contributed by atoms with Crippen molar-refractivity contribution in [1.29, 1.82) is 0 Å². The fraction of sp³-hybridized carbons (Fsp3) is 0.133. The molecule has 20 heavy (non-hydrogen) atoms. The number of para-hydroxylation sites is 2. The van der Waals surface area contributed by atoms with E-state index in [1.807, 2.05) is 32.0 Å². The molecule has 0 amide bonds. The summed E-state index contributed by atoms with van der Waals surface area (Å²) in [5, 5.41) is 14.9. The molecule has 0 aliphatic rings. The fourth-order valence-corrected chi connectivity index (χ4v) is 1.80. The molecule has 0 unspecified atom stereocenters. The maximum atomic E-state index is 10.9. The number of hydrazone groups is 1. The highest BCUT2D eigenvalue weighted by molar-refractivity contribution is 5.82. The third-order valence-electron chi connectivity index (χ3n) is 2.92. The summed E-state index contributed by atoms with van der Waals surface area (Å²) in [6, 6.07) is 12.5. The first kappa shape index (κ1) is 13.7. The Hall–Kier alpha value is -2.69. The molecule has 0 aliphatic carbocycles. The minimum Gasteiger partial charge on any atom is -0.272 e. The van der Waals surface area contributed by atoms with Crippen molar-refractivity contribution in [3.8, 4) is 0 Å². The molecule has 2 aromatic carbocycles. The van der Waals surface area contributed by atoms with Gasteiger partial charge >= 0.3 is 0 Å². The lowest BCUT2D eigenvalue weighted by Crippen LogP contribution is -1.97. The summed E-state index contributed by atoms with van der Waals surface area (Å²) in [6.07, 6.45) is 1.67. The molecule has 102 valence electrons. The smallest absolute Gasteiger partial charge is 0.272 e. The summed E-state index contributed by atoms with van der Waals surface area (Å²) in [5.41, 5.74) is 6.32. The quantitative estimate of drug-likeness (QED) is 0.523. The van der Waals surface area contributed by atoms with Crippen molar-refractivity contribution in [2.45, 2.75) is 13.8 Å². The Balaban J connectivity index is 2.18. The normalized spacial score (nSPS) is 10.7. The molecule has 0 bridgehead atoms. The van der Waals surface area contributed by atoms with Crippen LogP contribution >= 0.6 is 0 Å². The Labute approximate surface area is 117 Å². The van der Waals surface area contributed by atoms with Gasteiger partial charge in [0.1, 0.15) is 5.69 Å². The second-order valence-corrected chi connectivity index (χ2v) is 4.50. The second-order valence-electron chi connectivity index (χ2n) is 4.50. The average molecular weight is 269 g/mol. The molecule has 2 rings (SSSR count). The summed E-state index contributed by atoms with van der Waals surface area (Å²) in [6.45, 7) is 4.00. The number of hydrogen-bond donors (Lipinski definition) is 1. The van der Waals surface area contributed by atoms with Gasteiger partial charge in [-0.15, -0.1) is 0 Å². The van der Waals surface area contributed by atoms with Crippen LogP contribution in [0.25, 0.3) is 0 Å².